The second-order valence-electron chi connectivity index (χ2n) is 8.07. The number of amides is 1. The highest BCUT2D eigenvalue weighted by atomic mass is 31.2. The summed E-state index contributed by atoms with van der Waals surface area (Å²) in [7, 11) is -1.18. The summed E-state index contributed by atoms with van der Waals surface area (Å²) in [5.74, 6) is 0.307. The third kappa shape index (κ3) is 6.64. The molecule has 3 rings (SSSR count). The summed E-state index contributed by atoms with van der Waals surface area (Å²) in [4.78, 5) is 12.5. The monoisotopic (exact) mass is 459 g/mol. The van der Waals surface area contributed by atoms with E-state index < -0.39 is 7.60 Å². The number of rotatable bonds is 10. The van der Waals surface area contributed by atoms with Gasteiger partial charge in [0.1, 0.15) is 0 Å². The first-order valence-electron chi connectivity index (χ1n) is 11.4. The van der Waals surface area contributed by atoms with Gasteiger partial charge in [-0.1, -0.05) is 31.4 Å². The van der Waals surface area contributed by atoms with Crippen molar-refractivity contribution in [3.05, 3.63) is 53.4 Å². The third-order valence-corrected chi connectivity index (χ3v) is 7.73. The minimum Gasteiger partial charge on any atom is -0.323 e. The van der Waals surface area contributed by atoms with Crippen molar-refractivity contribution >= 4 is 25.3 Å². The largest absolute Gasteiger partial charge is 0.335 e. The first-order valence-corrected chi connectivity index (χ1v) is 13.1. The van der Waals surface area contributed by atoms with Crippen LogP contribution in [0.3, 0.4) is 0 Å². The number of carbonyl (C=O) groups excluding carboxylic acids is 1. The summed E-state index contributed by atoms with van der Waals surface area (Å²) in [6.07, 6.45) is 11.6. The van der Waals surface area contributed by atoms with E-state index in [0.29, 0.717) is 24.8 Å². The smallest absolute Gasteiger partial charge is 0.323 e. The Kier molecular flexibility index (Phi) is 8.85. The maximum absolute atomic E-state index is 12.7. The first-order chi connectivity index (χ1) is 15.4. The van der Waals surface area contributed by atoms with Crippen molar-refractivity contribution in [2.75, 3.05) is 18.5 Å². The van der Waals surface area contributed by atoms with E-state index in [1.54, 1.807) is 32.1 Å². The molecule has 174 valence electrons. The van der Waals surface area contributed by atoms with Gasteiger partial charge in [0.25, 0.3) is 0 Å². The number of aromatic nitrogens is 2. The quantitative estimate of drug-likeness (QED) is 0.354. The molecule has 1 aliphatic rings. The Hall–Kier alpha value is -2.21. The van der Waals surface area contributed by atoms with Gasteiger partial charge in [-0.05, 0) is 50.5 Å². The van der Waals surface area contributed by atoms with Crippen LogP contribution < -0.4 is 5.32 Å². The highest BCUT2D eigenvalue weighted by Crippen LogP contribution is 2.51. The average molecular weight is 460 g/mol. The topological polar surface area (TPSA) is 82.5 Å². The molecule has 1 amide bonds. The van der Waals surface area contributed by atoms with Crippen LogP contribution in [0.1, 0.15) is 68.7 Å². The maximum atomic E-state index is 12.7. The Morgan fingerprint density at radius 1 is 1.16 bits per heavy atom. The Bertz CT molecular complexity index is 952. The Labute approximate surface area is 190 Å². The first kappa shape index (κ1) is 24.4. The van der Waals surface area contributed by atoms with E-state index in [2.05, 4.69) is 10.4 Å². The molecule has 1 N–H and O–H groups in total. The van der Waals surface area contributed by atoms with Gasteiger partial charge in [-0.15, -0.1) is 0 Å². The molecule has 2 aromatic rings. The molecule has 1 aromatic carbocycles. The van der Waals surface area contributed by atoms with Crippen molar-refractivity contribution in [2.45, 2.75) is 58.0 Å². The molecule has 0 atom stereocenters. The van der Waals surface area contributed by atoms with Crippen molar-refractivity contribution in [1.29, 1.82) is 0 Å². The number of hydrogen-bond donors (Lipinski definition) is 1. The normalized spacial score (nSPS) is 15.3. The molecule has 1 aliphatic carbocycles. The molecule has 0 saturated heterocycles. The molecule has 32 heavy (non-hydrogen) atoms. The third-order valence-electron chi connectivity index (χ3n) is 5.67. The molecule has 0 bridgehead atoms. The summed E-state index contributed by atoms with van der Waals surface area (Å²) in [5.41, 5.74) is 3.72. The van der Waals surface area contributed by atoms with Gasteiger partial charge in [-0.3, -0.25) is 14.0 Å². The Balaban J connectivity index is 1.61. The summed E-state index contributed by atoms with van der Waals surface area (Å²) < 4.78 is 25.3. The van der Waals surface area contributed by atoms with Crippen LogP contribution >= 0.6 is 7.60 Å². The van der Waals surface area contributed by atoms with Gasteiger partial charge in [0.05, 0.1) is 25.6 Å². The molecule has 1 fully saturated rings. The van der Waals surface area contributed by atoms with Crippen LogP contribution in [0, 0.1) is 0 Å². The van der Waals surface area contributed by atoms with Gasteiger partial charge in [0.2, 0.25) is 5.91 Å². The zero-order chi connectivity index (χ0) is 23.0. The fourth-order valence-corrected chi connectivity index (χ4v) is 5.96. The van der Waals surface area contributed by atoms with Gasteiger partial charge < -0.3 is 14.4 Å². The zero-order valence-corrected chi connectivity index (χ0v) is 20.1. The van der Waals surface area contributed by atoms with E-state index in [1.165, 1.54) is 37.8 Å². The minimum absolute atomic E-state index is 0.202. The lowest BCUT2D eigenvalue weighted by Crippen LogP contribution is -2.11. The highest BCUT2D eigenvalue weighted by Gasteiger charge is 2.24. The van der Waals surface area contributed by atoms with Crippen LogP contribution in [0.4, 0.5) is 5.69 Å². The van der Waals surface area contributed by atoms with E-state index in [9.17, 15) is 9.36 Å². The van der Waals surface area contributed by atoms with E-state index in [4.69, 9.17) is 9.05 Å². The second-order valence-corrected chi connectivity index (χ2v) is 10.1. The Morgan fingerprint density at radius 2 is 1.81 bits per heavy atom. The molecule has 0 unspecified atom stereocenters. The number of carbonyl (C=O) groups is 1. The maximum Gasteiger partial charge on any atom is 0.335 e. The summed E-state index contributed by atoms with van der Waals surface area (Å²) in [5, 5.41) is 7.28. The molecule has 0 aliphatic heterocycles. The number of hydrogen-bond acceptors (Lipinski definition) is 5. The van der Waals surface area contributed by atoms with Crippen LogP contribution in [0.2, 0.25) is 0 Å². The van der Waals surface area contributed by atoms with Gasteiger partial charge in [0.15, 0.2) is 0 Å². The zero-order valence-electron chi connectivity index (χ0n) is 19.3. The molecule has 7 nitrogen and oxygen atoms in total. The van der Waals surface area contributed by atoms with Gasteiger partial charge in [-0.2, -0.15) is 5.10 Å². The standard InChI is InChI=1S/C24H34N3O4P/c1-4-30-32(29,31-5-2)18-19-11-14-22(15-12-19)26-23(28)16-13-21-17-25-27(3)24(21)20-9-7-6-8-10-20/h11-17,20H,4-10,18H2,1-3H3,(H,26,28). The Morgan fingerprint density at radius 3 is 2.44 bits per heavy atom. The predicted octanol–water partition coefficient (Wildman–Crippen LogP) is 5.89. The van der Waals surface area contributed by atoms with Crippen molar-refractivity contribution < 1.29 is 18.4 Å². The number of nitrogens with zero attached hydrogens (tertiary/aromatic N) is 2. The fraction of sp³-hybridized carbons (Fsp3) is 0.500. The van der Waals surface area contributed by atoms with E-state index in [1.807, 2.05) is 36.1 Å². The number of benzene rings is 1. The van der Waals surface area contributed by atoms with E-state index in [-0.39, 0.29) is 12.1 Å². The van der Waals surface area contributed by atoms with Crippen LogP contribution in [0.15, 0.2) is 36.5 Å². The van der Waals surface area contributed by atoms with Crippen molar-refractivity contribution in [3.8, 4) is 0 Å². The van der Waals surface area contributed by atoms with E-state index >= 15 is 0 Å². The summed E-state index contributed by atoms with van der Waals surface area (Å²) >= 11 is 0. The summed E-state index contributed by atoms with van der Waals surface area (Å²) in [6, 6.07) is 7.24. The molecular weight excluding hydrogens is 425 g/mol. The highest BCUT2D eigenvalue weighted by molar-refractivity contribution is 7.53. The van der Waals surface area contributed by atoms with Crippen LogP contribution in [-0.4, -0.2) is 28.9 Å². The number of aryl methyl sites for hydroxylation is 1. The van der Waals surface area contributed by atoms with Crippen LogP contribution in [-0.2, 0) is 31.6 Å². The van der Waals surface area contributed by atoms with Crippen molar-refractivity contribution in [2.24, 2.45) is 7.05 Å². The molecule has 0 radical (unpaired) electrons. The number of anilines is 1. The second kappa shape index (κ2) is 11.6. The van der Waals surface area contributed by atoms with Crippen LogP contribution in [0.25, 0.3) is 6.08 Å². The lowest BCUT2D eigenvalue weighted by molar-refractivity contribution is -0.111. The lowest BCUT2D eigenvalue weighted by Gasteiger charge is -2.22. The fourth-order valence-electron chi connectivity index (χ4n) is 4.26. The molecule has 1 heterocycles. The lowest BCUT2D eigenvalue weighted by atomic mass is 9.85. The molecule has 1 aromatic heterocycles. The van der Waals surface area contributed by atoms with Crippen molar-refractivity contribution in [1.82, 2.24) is 9.78 Å². The van der Waals surface area contributed by atoms with Gasteiger partial charge in [-0.25, -0.2) is 0 Å². The van der Waals surface area contributed by atoms with Crippen LogP contribution in [0.5, 0.6) is 0 Å². The number of nitrogens with one attached hydrogen (secondary N) is 1. The molecule has 8 heteroatoms. The predicted molar refractivity (Wildman–Crippen MR) is 128 cm³/mol. The molecule has 0 spiro atoms. The SMILES string of the molecule is CCOP(=O)(Cc1ccc(NC(=O)C=Cc2cnn(C)c2C2CCCCC2)cc1)OCC. The molecule has 1 saturated carbocycles. The summed E-state index contributed by atoms with van der Waals surface area (Å²) in [6.45, 7) is 4.25. The van der Waals surface area contributed by atoms with Gasteiger partial charge >= 0.3 is 7.60 Å². The average Bonchev–Trinajstić information content (AvgIpc) is 3.15. The van der Waals surface area contributed by atoms with E-state index in [0.717, 1.165) is 11.1 Å². The minimum atomic E-state index is -3.15. The van der Waals surface area contributed by atoms with Gasteiger partial charge in [0, 0.05) is 36.0 Å². The van der Waals surface area contributed by atoms with Crippen molar-refractivity contribution in [3.63, 3.8) is 0 Å². The molecular formula is C24H34N3O4P.